The minimum Gasteiger partial charge on any atom is -0.482 e. The smallest absolute Gasteiger partial charge is 0.315 e. The van der Waals surface area contributed by atoms with Gasteiger partial charge < -0.3 is 9.84 Å². The maximum atomic E-state index is 11.3. The van der Waals surface area contributed by atoms with Crippen molar-refractivity contribution >= 4 is 21.6 Å². The topological polar surface area (TPSA) is 72.6 Å². The summed E-state index contributed by atoms with van der Waals surface area (Å²) < 4.78 is 5.58. The summed E-state index contributed by atoms with van der Waals surface area (Å²) in [5, 5.41) is 20.9. The molecule has 0 bridgehead atoms. The number of alkyl halides is 1. The van der Waals surface area contributed by atoms with E-state index in [9.17, 15) is 15.2 Å². The largest absolute Gasteiger partial charge is 0.482 e. The maximum Gasteiger partial charge on any atom is 0.315 e. The normalized spacial score (nSPS) is 10.4. The molecule has 2 aromatic rings. The van der Waals surface area contributed by atoms with E-state index in [1.54, 1.807) is 6.07 Å². The number of hydrogen-bond donors (Lipinski definition) is 1. The summed E-state index contributed by atoms with van der Waals surface area (Å²) in [6, 6.07) is 12.6. The van der Waals surface area contributed by atoms with Crippen LogP contribution >= 0.6 is 15.9 Å². The molecule has 0 spiro atoms. The summed E-state index contributed by atoms with van der Waals surface area (Å²) in [6.07, 6.45) is 0. The van der Waals surface area contributed by atoms with Gasteiger partial charge >= 0.3 is 5.69 Å². The summed E-state index contributed by atoms with van der Waals surface area (Å²) in [5.41, 5.74) is 1.78. The first kappa shape index (κ1) is 15.5. The Morgan fingerprint density at radius 1 is 1.19 bits per heavy atom. The van der Waals surface area contributed by atoms with Crippen molar-refractivity contribution in [3.63, 3.8) is 0 Å². The number of nitro groups is 1. The second-order valence-electron chi connectivity index (χ2n) is 4.37. The molecule has 0 saturated carbocycles. The molecule has 0 heterocycles. The van der Waals surface area contributed by atoms with E-state index in [1.165, 1.54) is 6.07 Å². The molecular formula is C15H14BrNO4. The number of hydrogen-bond acceptors (Lipinski definition) is 4. The Bertz CT molecular complexity index is 631. The Hall–Kier alpha value is -1.92. The van der Waals surface area contributed by atoms with Gasteiger partial charge in [-0.25, -0.2) is 0 Å². The maximum absolute atomic E-state index is 11.3. The molecule has 2 aromatic carbocycles. The lowest BCUT2D eigenvalue weighted by atomic mass is 10.1. The Balaban J connectivity index is 2.32. The number of nitro benzene ring substituents is 1. The summed E-state index contributed by atoms with van der Waals surface area (Å²) in [5.74, 6) is 0.204. The zero-order chi connectivity index (χ0) is 15.2. The van der Waals surface area contributed by atoms with Gasteiger partial charge in [0, 0.05) is 10.9 Å². The van der Waals surface area contributed by atoms with Crippen LogP contribution < -0.4 is 4.74 Å². The van der Waals surface area contributed by atoms with Crippen LogP contribution in [0.2, 0.25) is 0 Å². The average Bonchev–Trinajstić information content (AvgIpc) is 2.52. The number of halogens is 1. The fraction of sp³-hybridized carbons (Fsp3) is 0.200. The third-order valence-corrected chi connectivity index (χ3v) is 3.63. The van der Waals surface area contributed by atoms with Gasteiger partial charge in [-0.1, -0.05) is 52.3 Å². The molecule has 0 aliphatic heterocycles. The van der Waals surface area contributed by atoms with E-state index in [0.717, 1.165) is 5.56 Å². The molecule has 110 valence electrons. The van der Waals surface area contributed by atoms with Gasteiger partial charge in [0.2, 0.25) is 0 Å². The summed E-state index contributed by atoms with van der Waals surface area (Å²) in [7, 11) is 0. The van der Waals surface area contributed by atoms with Crippen molar-refractivity contribution in [2.45, 2.75) is 18.5 Å². The minimum atomic E-state index is -0.476. The molecule has 0 unspecified atom stereocenters. The minimum absolute atomic E-state index is 0.102. The van der Waals surface area contributed by atoms with Crippen molar-refractivity contribution in [2.75, 3.05) is 0 Å². The van der Waals surface area contributed by atoms with Crippen LogP contribution in [0.3, 0.4) is 0 Å². The van der Waals surface area contributed by atoms with Crippen molar-refractivity contribution in [1.29, 1.82) is 0 Å². The van der Waals surface area contributed by atoms with Crippen LogP contribution in [-0.2, 0) is 18.5 Å². The first-order chi connectivity index (χ1) is 10.2. The monoisotopic (exact) mass is 351 g/mol. The first-order valence-corrected chi connectivity index (χ1v) is 7.42. The third-order valence-electron chi connectivity index (χ3n) is 3.07. The van der Waals surface area contributed by atoms with Crippen molar-refractivity contribution in [3.8, 4) is 5.75 Å². The number of nitrogens with zero attached hydrogens (tertiary/aromatic N) is 1. The zero-order valence-corrected chi connectivity index (χ0v) is 12.7. The molecule has 0 saturated heterocycles. The Morgan fingerprint density at radius 3 is 2.48 bits per heavy atom. The highest BCUT2D eigenvalue weighted by Crippen LogP contribution is 2.35. The van der Waals surface area contributed by atoms with Crippen LogP contribution in [0.5, 0.6) is 5.75 Å². The predicted molar refractivity (Wildman–Crippen MR) is 82.4 cm³/mol. The van der Waals surface area contributed by atoms with Crippen LogP contribution in [0.4, 0.5) is 5.69 Å². The van der Waals surface area contributed by atoms with E-state index in [-0.39, 0.29) is 30.0 Å². The number of ether oxygens (including phenoxy) is 1. The van der Waals surface area contributed by atoms with Gasteiger partial charge in [0.05, 0.1) is 11.5 Å². The molecule has 0 aliphatic rings. The zero-order valence-electron chi connectivity index (χ0n) is 11.2. The van der Waals surface area contributed by atoms with Gasteiger partial charge in [0.15, 0.2) is 5.75 Å². The lowest BCUT2D eigenvalue weighted by Gasteiger charge is -2.11. The Morgan fingerprint density at radius 2 is 1.90 bits per heavy atom. The van der Waals surface area contributed by atoms with Gasteiger partial charge in [0.1, 0.15) is 6.61 Å². The second-order valence-corrected chi connectivity index (χ2v) is 4.93. The van der Waals surface area contributed by atoms with Gasteiger partial charge in [-0.15, -0.1) is 0 Å². The highest BCUT2D eigenvalue weighted by Gasteiger charge is 2.23. The van der Waals surface area contributed by atoms with E-state index in [0.29, 0.717) is 11.1 Å². The quantitative estimate of drug-likeness (QED) is 0.490. The number of aliphatic hydroxyl groups is 1. The van der Waals surface area contributed by atoms with E-state index in [4.69, 9.17) is 4.74 Å². The Labute approximate surface area is 130 Å². The van der Waals surface area contributed by atoms with Crippen LogP contribution in [0.15, 0.2) is 42.5 Å². The summed E-state index contributed by atoms with van der Waals surface area (Å²) in [6.45, 7) is 0.00260. The van der Waals surface area contributed by atoms with Crippen molar-refractivity contribution < 1.29 is 14.8 Å². The molecule has 0 amide bonds. The second kappa shape index (κ2) is 7.19. The summed E-state index contributed by atoms with van der Waals surface area (Å²) in [4.78, 5) is 10.8. The lowest BCUT2D eigenvalue weighted by molar-refractivity contribution is -0.386. The standard InChI is InChI=1S/C15H14BrNO4/c16-8-13-12(9-18)6-7-14(15(13)17(19)20)21-10-11-4-2-1-3-5-11/h1-7,18H,8-10H2. The molecule has 2 rings (SSSR count). The van der Waals surface area contributed by atoms with Crippen LogP contribution in [0.25, 0.3) is 0 Å². The van der Waals surface area contributed by atoms with Crippen LogP contribution in [0, 0.1) is 10.1 Å². The molecule has 0 aromatic heterocycles. The van der Waals surface area contributed by atoms with E-state index in [1.807, 2.05) is 30.3 Å². The number of benzene rings is 2. The van der Waals surface area contributed by atoms with Crippen molar-refractivity contribution in [1.82, 2.24) is 0 Å². The fourth-order valence-corrected chi connectivity index (χ4v) is 2.63. The van der Waals surface area contributed by atoms with Gasteiger partial charge in [-0.05, 0) is 17.2 Å². The molecule has 6 heteroatoms. The molecule has 5 nitrogen and oxygen atoms in total. The molecule has 1 N–H and O–H groups in total. The van der Waals surface area contributed by atoms with Gasteiger partial charge in [-0.2, -0.15) is 0 Å². The predicted octanol–water partition coefficient (Wildman–Crippen LogP) is 3.56. The average molecular weight is 352 g/mol. The van der Waals surface area contributed by atoms with Crippen molar-refractivity contribution in [3.05, 3.63) is 69.3 Å². The molecule has 0 aliphatic carbocycles. The first-order valence-electron chi connectivity index (χ1n) is 6.30. The number of rotatable bonds is 6. The highest BCUT2D eigenvalue weighted by atomic mass is 79.9. The lowest BCUT2D eigenvalue weighted by Crippen LogP contribution is -2.04. The molecule has 21 heavy (non-hydrogen) atoms. The van der Waals surface area contributed by atoms with Gasteiger partial charge in [-0.3, -0.25) is 10.1 Å². The van der Waals surface area contributed by atoms with E-state index >= 15 is 0 Å². The van der Waals surface area contributed by atoms with E-state index in [2.05, 4.69) is 15.9 Å². The van der Waals surface area contributed by atoms with Crippen LogP contribution in [-0.4, -0.2) is 10.0 Å². The molecule has 0 radical (unpaired) electrons. The number of aliphatic hydroxyl groups excluding tert-OH is 1. The molecule has 0 atom stereocenters. The van der Waals surface area contributed by atoms with E-state index < -0.39 is 4.92 Å². The molecular weight excluding hydrogens is 338 g/mol. The molecule has 0 fully saturated rings. The highest BCUT2D eigenvalue weighted by molar-refractivity contribution is 9.08. The summed E-state index contributed by atoms with van der Waals surface area (Å²) >= 11 is 3.23. The third kappa shape index (κ3) is 3.59. The van der Waals surface area contributed by atoms with Crippen LogP contribution in [0.1, 0.15) is 16.7 Å². The fourth-order valence-electron chi connectivity index (χ4n) is 2.01. The SMILES string of the molecule is O=[N+]([O-])c1c(OCc2ccccc2)ccc(CO)c1CBr. The van der Waals surface area contributed by atoms with Crippen molar-refractivity contribution in [2.24, 2.45) is 0 Å². The Kier molecular flexibility index (Phi) is 5.30. The van der Waals surface area contributed by atoms with Gasteiger partial charge in [0.25, 0.3) is 0 Å².